The summed E-state index contributed by atoms with van der Waals surface area (Å²) in [5, 5.41) is 8.86. The first-order valence-corrected chi connectivity index (χ1v) is 7.72. The van der Waals surface area contributed by atoms with Crippen molar-refractivity contribution in [2.24, 2.45) is 11.8 Å². The molecule has 0 spiro atoms. The molecule has 0 aromatic rings. The second-order valence-corrected chi connectivity index (χ2v) is 6.04. The standard InChI is InChI=1S/C15H25NO4/c17-14(10-13-4-8-20-9-5-13)16-6-1-2-12(3-7-16)11-15(18)19/h12-13H,1-11H2,(H,18,19)/t12-/m0/s1. The number of hydrogen-bond acceptors (Lipinski definition) is 3. The van der Waals surface area contributed by atoms with Crippen LogP contribution in [0.15, 0.2) is 0 Å². The van der Waals surface area contributed by atoms with Crippen LogP contribution < -0.4 is 0 Å². The maximum absolute atomic E-state index is 12.3. The van der Waals surface area contributed by atoms with E-state index in [9.17, 15) is 9.59 Å². The van der Waals surface area contributed by atoms with Gasteiger partial charge in [0.25, 0.3) is 0 Å². The maximum atomic E-state index is 12.3. The number of aliphatic carboxylic acids is 1. The summed E-state index contributed by atoms with van der Waals surface area (Å²) in [6.45, 7) is 3.06. The molecule has 0 radical (unpaired) electrons. The van der Waals surface area contributed by atoms with Crippen LogP contribution >= 0.6 is 0 Å². The van der Waals surface area contributed by atoms with Gasteiger partial charge in [-0.2, -0.15) is 0 Å². The fraction of sp³-hybridized carbons (Fsp3) is 0.867. The van der Waals surface area contributed by atoms with Crippen molar-refractivity contribution < 1.29 is 19.4 Å². The number of nitrogens with zero attached hydrogens (tertiary/aromatic N) is 1. The van der Waals surface area contributed by atoms with Crippen molar-refractivity contribution in [1.82, 2.24) is 4.90 Å². The molecule has 2 aliphatic rings. The summed E-state index contributed by atoms with van der Waals surface area (Å²) in [7, 11) is 0. The lowest BCUT2D eigenvalue weighted by Crippen LogP contribution is -2.34. The molecule has 2 fully saturated rings. The molecule has 1 N–H and O–H groups in total. The number of ether oxygens (including phenoxy) is 1. The Morgan fingerprint density at radius 1 is 1.00 bits per heavy atom. The van der Waals surface area contributed by atoms with E-state index in [1.165, 1.54) is 0 Å². The Kier molecular flexibility index (Phi) is 5.83. The minimum absolute atomic E-state index is 0.230. The van der Waals surface area contributed by atoms with Gasteiger partial charge in [0, 0.05) is 39.1 Å². The number of rotatable bonds is 4. The van der Waals surface area contributed by atoms with Gasteiger partial charge in [0.1, 0.15) is 0 Å². The van der Waals surface area contributed by atoms with E-state index in [2.05, 4.69) is 0 Å². The second kappa shape index (κ2) is 7.62. The molecule has 2 saturated heterocycles. The number of amides is 1. The third-order valence-corrected chi connectivity index (χ3v) is 4.47. The average molecular weight is 283 g/mol. The minimum Gasteiger partial charge on any atom is -0.481 e. The first-order chi connectivity index (χ1) is 9.65. The lowest BCUT2D eigenvalue weighted by atomic mass is 9.96. The Morgan fingerprint density at radius 3 is 2.40 bits per heavy atom. The van der Waals surface area contributed by atoms with Gasteiger partial charge in [-0.3, -0.25) is 9.59 Å². The molecule has 2 rings (SSSR count). The van der Waals surface area contributed by atoms with Crippen molar-refractivity contribution in [2.45, 2.75) is 44.9 Å². The topological polar surface area (TPSA) is 66.8 Å². The maximum Gasteiger partial charge on any atom is 0.303 e. The van der Waals surface area contributed by atoms with Crippen LogP contribution in [0.25, 0.3) is 0 Å². The van der Waals surface area contributed by atoms with Crippen molar-refractivity contribution in [3.05, 3.63) is 0 Å². The lowest BCUT2D eigenvalue weighted by molar-refractivity contribution is -0.138. The van der Waals surface area contributed by atoms with E-state index >= 15 is 0 Å². The van der Waals surface area contributed by atoms with Crippen LogP contribution in [-0.2, 0) is 14.3 Å². The Hall–Kier alpha value is -1.10. The zero-order valence-electron chi connectivity index (χ0n) is 12.1. The van der Waals surface area contributed by atoms with Crippen LogP contribution in [-0.4, -0.2) is 48.2 Å². The van der Waals surface area contributed by atoms with E-state index in [-0.39, 0.29) is 18.2 Å². The smallest absolute Gasteiger partial charge is 0.303 e. The average Bonchev–Trinajstić information content (AvgIpc) is 2.65. The summed E-state index contributed by atoms with van der Waals surface area (Å²) >= 11 is 0. The molecule has 2 aliphatic heterocycles. The molecule has 1 amide bonds. The van der Waals surface area contributed by atoms with E-state index in [1.807, 2.05) is 4.90 Å². The van der Waals surface area contributed by atoms with Crippen molar-refractivity contribution in [3.8, 4) is 0 Å². The van der Waals surface area contributed by atoms with Gasteiger partial charge < -0.3 is 14.7 Å². The van der Waals surface area contributed by atoms with Gasteiger partial charge >= 0.3 is 5.97 Å². The van der Waals surface area contributed by atoms with Crippen LogP contribution in [0, 0.1) is 11.8 Å². The molecule has 5 nitrogen and oxygen atoms in total. The summed E-state index contributed by atoms with van der Waals surface area (Å²) in [5.41, 5.74) is 0. The fourth-order valence-electron chi connectivity index (χ4n) is 3.19. The molecule has 0 saturated carbocycles. The summed E-state index contributed by atoms with van der Waals surface area (Å²) in [5.74, 6) is 0.215. The Balaban J connectivity index is 1.77. The molecule has 0 aliphatic carbocycles. The van der Waals surface area contributed by atoms with Gasteiger partial charge in [0.05, 0.1) is 0 Å². The molecule has 0 unspecified atom stereocenters. The summed E-state index contributed by atoms with van der Waals surface area (Å²) in [6, 6.07) is 0. The molecule has 0 bridgehead atoms. The molecule has 20 heavy (non-hydrogen) atoms. The van der Waals surface area contributed by atoms with E-state index in [4.69, 9.17) is 9.84 Å². The largest absolute Gasteiger partial charge is 0.481 e. The van der Waals surface area contributed by atoms with Crippen molar-refractivity contribution in [2.75, 3.05) is 26.3 Å². The number of likely N-dealkylation sites (tertiary alicyclic amines) is 1. The van der Waals surface area contributed by atoms with E-state index in [0.717, 1.165) is 58.4 Å². The zero-order chi connectivity index (χ0) is 14.4. The monoisotopic (exact) mass is 283 g/mol. The quantitative estimate of drug-likeness (QED) is 0.856. The number of carbonyl (C=O) groups is 2. The second-order valence-electron chi connectivity index (χ2n) is 6.04. The first-order valence-electron chi connectivity index (χ1n) is 7.72. The molecule has 0 aromatic carbocycles. The molecule has 5 heteroatoms. The van der Waals surface area contributed by atoms with Crippen LogP contribution in [0.5, 0.6) is 0 Å². The Labute approximate surface area is 120 Å². The van der Waals surface area contributed by atoms with Crippen molar-refractivity contribution in [1.29, 1.82) is 0 Å². The normalized spacial score (nSPS) is 25.2. The number of carboxylic acid groups (broad SMARTS) is 1. The van der Waals surface area contributed by atoms with Gasteiger partial charge in [0.15, 0.2) is 0 Å². The lowest BCUT2D eigenvalue weighted by Gasteiger charge is -2.26. The molecule has 2 heterocycles. The van der Waals surface area contributed by atoms with Gasteiger partial charge in [-0.05, 0) is 43.9 Å². The predicted molar refractivity (Wildman–Crippen MR) is 74.3 cm³/mol. The summed E-state index contributed by atoms with van der Waals surface area (Å²) < 4.78 is 5.32. The van der Waals surface area contributed by atoms with Gasteiger partial charge in [-0.25, -0.2) is 0 Å². The first kappa shape index (κ1) is 15.3. The highest BCUT2D eigenvalue weighted by Crippen LogP contribution is 2.23. The predicted octanol–water partition coefficient (Wildman–Crippen LogP) is 1.91. The van der Waals surface area contributed by atoms with Crippen LogP contribution in [0.1, 0.15) is 44.9 Å². The number of carbonyl (C=O) groups excluding carboxylic acids is 1. The molecule has 1 atom stereocenters. The minimum atomic E-state index is -0.725. The Bertz CT molecular complexity index is 339. The van der Waals surface area contributed by atoms with Gasteiger partial charge in [0.2, 0.25) is 5.91 Å². The highest BCUT2D eigenvalue weighted by atomic mass is 16.5. The zero-order valence-corrected chi connectivity index (χ0v) is 12.1. The molecular weight excluding hydrogens is 258 g/mol. The van der Waals surface area contributed by atoms with E-state index < -0.39 is 5.97 Å². The number of hydrogen-bond donors (Lipinski definition) is 1. The third-order valence-electron chi connectivity index (χ3n) is 4.47. The van der Waals surface area contributed by atoms with Crippen molar-refractivity contribution in [3.63, 3.8) is 0 Å². The highest BCUT2D eigenvalue weighted by Gasteiger charge is 2.24. The van der Waals surface area contributed by atoms with E-state index in [1.54, 1.807) is 0 Å². The van der Waals surface area contributed by atoms with Gasteiger partial charge in [-0.15, -0.1) is 0 Å². The summed E-state index contributed by atoms with van der Waals surface area (Å²) in [4.78, 5) is 25.0. The fourth-order valence-corrected chi connectivity index (χ4v) is 3.19. The van der Waals surface area contributed by atoms with Crippen LogP contribution in [0.4, 0.5) is 0 Å². The van der Waals surface area contributed by atoms with Gasteiger partial charge in [-0.1, -0.05) is 0 Å². The van der Waals surface area contributed by atoms with E-state index in [0.29, 0.717) is 12.3 Å². The highest BCUT2D eigenvalue weighted by molar-refractivity contribution is 5.76. The number of carboxylic acids is 1. The SMILES string of the molecule is O=C(O)C[C@H]1CCCN(C(=O)CC2CCOCC2)CC1. The third kappa shape index (κ3) is 4.78. The van der Waals surface area contributed by atoms with Crippen LogP contribution in [0.3, 0.4) is 0 Å². The van der Waals surface area contributed by atoms with Crippen molar-refractivity contribution >= 4 is 11.9 Å². The Morgan fingerprint density at radius 2 is 1.70 bits per heavy atom. The molecule has 114 valence electrons. The van der Waals surface area contributed by atoms with Crippen LogP contribution in [0.2, 0.25) is 0 Å². The molecule has 0 aromatic heterocycles. The molecular formula is C15H25NO4. The summed E-state index contributed by atoms with van der Waals surface area (Å²) in [6.07, 6.45) is 5.52.